The van der Waals surface area contributed by atoms with Crippen LogP contribution in [0.4, 0.5) is 0 Å². The minimum atomic E-state index is -0.842. The van der Waals surface area contributed by atoms with Crippen LogP contribution in [0.2, 0.25) is 0 Å². The van der Waals surface area contributed by atoms with Gasteiger partial charge in [0.25, 0.3) is 0 Å². The largest absolute Gasteiger partial charge is 0.508 e. The molecular formula is C10H14O3S. The number of hydrogen-bond donors (Lipinski definition) is 3. The van der Waals surface area contributed by atoms with Crippen molar-refractivity contribution in [2.24, 2.45) is 0 Å². The number of carbonyl (C=O) groups is 1. The Morgan fingerprint density at radius 3 is 2.07 bits per heavy atom. The third kappa shape index (κ3) is 6.37. The van der Waals surface area contributed by atoms with Crippen molar-refractivity contribution in [3.63, 3.8) is 0 Å². The van der Waals surface area contributed by atoms with Crippen molar-refractivity contribution in [2.75, 3.05) is 0 Å². The summed E-state index contributed by atoms with van der Waals surface area (Å²) in [6.45, 7) is 1.78. The Labute approximate surface area is 88.8 Å². The molecule has 1 unspecified atom stereocenters. The van der Waals surface area contributed by atoms with Crippen LogP contribution in [0.5, 0.6) is 5.75 Å². The smallest absolute Gasteiger partial charge is 0.316 e. The molecule has 2 N–H and O–H groups in total. The average Bonchev–Trinajstić information content (AvgIpc) is 2.18. The highest BCUT2D eigenvalue weighted by atomic mass is 32.1. The lowest BCUT2D eigenvalue weighted by Crippen LogP contribution is -2.10. The highest BCUT2D eigenvalue weighted by Gasteiger charge is 2.06. The van der Waals surface area contributed by atoms with Crippen LogP contribution in [-0.2, 0) is 4.79 Å². The molecule has 4 heteroatoms. The highest BCUT2D eigenvalue weighted by Crippen LogP contribution is 2.02. The summed E-state index contributed by atoms with van der Waals surface area (Å²) in [6, 6.07) is 8.71. The predicted molar refractivity (Wildman–Crippen MR) is 58.8 cm³/mol. The van der Waals surface area contributed by atoms with Crippen LogP contribution >= 0.6 is 12.6 Å². The molecule has 1 rings (SSSR count). The fourth-order valence-electron chi connectivity index (χ4n) is 0.603. The molecule has 0 aromatic heterocycles. The molecule has 0 bridgehead atoms. The zero-order valence-corrected chi connectivity index (χ0v) is 8.82. The van der Waals surface area contributed by atoms with E-state index in [1.807, 2.05) is 6.07 Å². The second-order valence-electron chi connectivity index (χ2n) is 2.60. The summed E-state index contributed by atoms with van der Waals surface area (Å²) in [5, 5.41) is 16.3. The normalized spacial score (nSPS) is 11.0. The van der Waals surface area contributed by atoms with Crippen LogP contribution in [-0.4, -0.2) is 21.4 Å². The zero-order valence-electron chi connectivity index (χ0n) is 7.92. The lowest BCUT2D eigenvalue weighted by molar-refractivity contribution is -0.136. The van der Waals surface area contributed by atoms with Crippen molar-refractivity contribution < 1.29 is 15.0 Å². The first-order valence-corrected chi connectivity index (χ1v) is 4.74. The fourth-order valence-corrected chi connectivity index (χ4v) is 0.603. The molecule has 0 spiro atoms. The summed E-state index contributed by atoms with van der Waals surface area (Å²) in [6.07, 6.45) is 0.582. The van der Waals surface area contributed by atoms with Crippen LogP contribution in [0.15, 0.2) is 30.3 Å². The van der Waals surface area contributed by atoms with E-state index in [2.05, 4.69) is 12.6 Å². The van der Waals surface area contributed by atoms with Crippen molar-refractivity contribution >= 4 is 18.6 Å². The average molecular weight is 214 g/mol. The van der Waals surface area contributed by atoms with Gasteiger partial charge in [-0.3, -0.25) is 4.79 Å². The van der Waals surface area contributed by atoms with Crippen LogP contribution in [0, 0.1) is 0 Å². The molecule has 1 aromatic rings. The van der Waals surface area contributed by atoms with E-state index in [9.17, 15) is 4.79 Å². The monoisotopic (exact) mass is 214 g/mol. The van der Waals surface area contributed by atoms with E-state index in [1.165, 1.54) is 0 Å². The van der Waals surface area contributed by atoms with Gasteiger partial charge in [0, 0.05) is 0 Å². The Hall–Kier alpha value is -1.16. The molecule has 0 saturated carbocycles. The van der Waals surface area contributed by atoms with Gasteiger partial charge >= 0.3 is 5.97 Å². The second kappa shape index (κ2) is 7.26. The lowest BCUT2D eigenvalue weighted by atomic mass is 10.3. The molecule has 0 fully saturated rings. The Morgan fingerprint density at radius 2 is 1.93 bits per heavy atom. The first-order valence-electron chi connectivity index (χ1n) is 4.22. The van der Waals surface area contributed by atoms with Gasteiger partial charge in [-0.15, -0.1) is 0 Å². The maximum Gasteiger partial charge on any atom is 0.316 e. The molecule has 14 heavy (non-hydrogen) atoms. The fraction of sp³-hybridized carbons (Fsp3) is 0.300. The molecule has 3 nitrogen and oxygen atoms in total. The third-order valence-electron chi connectivity index (χ3n) is 1.43. The summed E-state index contributed by atoms with van der Waals surface area (Å²) < 4.78 is 0. The molecule has 0 aliphatic carbocycles. The molecule has 78 valence electrons. The van der Waals surface area contributed by atoms with E-state index in [4.69, 9.17) is 10.2 Å². The predicted octanol–water partition coefficient (Wildman–Crippen LogP) is 2.17. The van der Waals surface area contributed by atoms with E-state index >= 15 is 0 Å². The van der Waals surface area contributed by atoms with Gasteiger partial charge in [0.05, 0.1) is 5.25 Å². The molecule has 0 aliphatic heterocycles. The molecule has 0 amide bonds. The quantitative estimate of drug-likeness (QED) is 0.661. The van der Waals surface area contributed by atoms with Crippen molar-refractivity contribution in [2.45, 2.75) is 18.6 Å². The number of aliphatic carboxylic acids is 1. The van der Waals surface area contributed by atoms with Gasteiger partial charge in [-0.1, -0.05) is 25.1 Å². The van der Waals surface area contributed by atoms with Gasteiger partial charge in [-0.05, 0) is 18.6 Å². The topological polar surface area (TPSA) is 57.5 Å². The maximum atomic E-state index is 9.85. The van der Waals surface area contributed by atoms with Gasteiger partial charge in [0.15, 0.2) is 0 Å². The molecule has 1 atom stereocenters. The maximum absolute atomic E-state index is 9.85. The molecule has 0 saturated heterocycles. The minimum Gasteiger partial charge on any atom is -0.508 e. The van der Waals surface area contributed by atoms with Gasteiger partial charge in [-0.25, -0.2) is 0 Å². The number of hydrogen-bond acceptors (Lipinski definition) is 3. The first kappa shape index (κ1) is 12.8. The number of thiol groups is 1. The highest BCUT2D eigenvalue weighted by molar-refractivity contribution is 7.81. The van der Waals surface area contributed by atoms with Gasteiger partial charge < -0.3 is 10.2 Å². The summed E-state index contributed by atoms with van der Waals surface area (Å²) in [4.78, 5) is 9.85. The van der Waals surface area contributed by atoms with Crippen molar-refractivity contribution in [3.05, 3.63) is 30.3 Å². The van der Waals surface area contributed by atoms with Gasteiger partial charge in [0.1, 0.15) is 5.75 Å². The Bertz CT molecular complexity index is 261. The van der Waals surface area contributed by atoms with E-state index in [0.717, 1.165) is 0 Å². The zero-order chi connectivity index (χ0) is 11.0. The van der Waals surface area contributed by atoms with Crippen LogP contribution in [0.25, 0.3) is 0 Å². The lowest BCUT2D eigenvalue weighted by Gasteiger charge is -1.95. The summed E-state index contributed by atoms with van der Waals surface area (Å²) in [7, 11) is 0. The number of aromatic hydroxyl groups is 1. The van der Waals surface area contributed by atoms with Crippen molar-refractivity contribution in [1.29, 1.82) is 0 Å². The third-order valence-corrected chi connectivity index (χ3v) is 2.01. The molecule has 0 heterocycles. The number of carboxylic acid groups (broad SMARTS) is 1. The number of benzene rings is 1. The van der Waals surface area contributed by atoms with E-state index in [1.54, 1.807) is 31.2 Å². The first-order chi connectivity index (χ1) is 6.57. The van der Waals surface area contributed by atoms with Crippen molar-refractivity contribution in [1.82, 2.24) is 0 Å². The number of carboxylic acids is 1. The summed E-state index contributed by atoms with van der Waals surface area (Å²) in [5.74, 6) is -0.520. The molecular weight excluding hydrogens is 200 g/mol. The molecule has 1 aromatic carbocycles. The molecule has 0 radical (unpaired) electrons. The van der Waals surface area contributed by atoms with Gasteiger partial charge in [-0.2, -0.15) is 12.6 Å². The van der Waals surface area contributed by atoms with E-state index < -0.39 is 11.2 Å². The van der Waals surface area contributed by atoms with Gasteiger partial charge in [0.2, 0.25) is 0 Å². The number of rotatable bonds is 2. The Kier molecular flexibility index (Phi) is 6.66. The number of phenols is 1. The molecule has 0 aliphatic rings. The van der Waals surface area contributed by atoms with E-state index in [0.29, 0.717) is 12.2 Å². The SMILES string of the molecule is CCC(S)C(=O)O.Oc1ccccc1. The number of para-hydroxylation sites is 1. The van der Waals surface area contributed by atoms with Crippen LogP contribution < -0.4 is 0 Å². The number of phenolic OH excluding ortho intramolecular Hbond substituents is 1. The van der Waals surface area contributed by atoms with Crippen molar-refractivity contribution in [3.8, 4) is 5.75 Å². The standard InChI is InChI=1S/C6H6O.C4H8O2S/c7-6-4-2-1-3-5-6;1-2-3(7)4(5)6/h1-5,7H;3,7H,2H2,1H3,(H,5,6). The summed E-state index contributed by atoms with van der Waals surface area (Å²) in [5.41, 5.74) is 0. The van der Waals surface area contributed by atoms with Crippen LogP contribution in [0.1, 0.15) is 13.3 Å². The van der Waals surface area contributed by atoms with E-state index in [-0.39, 0.29) is 0 Å². The minimum absolute atomic E-state index is 0.322. The Morgan fingerprint density at radius 1 is 1.43 bits per heavy atom. The summed E-state index contributed by atoms with van der Waals surface area (Å²) >= 11 is 3.73. The van der Waals surface area contributed by atoms with Crippen LogP contribution in [0.3, 0.4) is 0 Å². The second-order valence-corrected chi connectivity index (χ2v) is 3.22. The Balaban J connectivity index is 0.000000241.